The number of hydrogen-bond acceptors (Lipinski definition) is 4. The fourth-order valence-electron chi connectivity index (χ4n) is 4.42. The van der Waals surface area contributed by atoms with Gasteiger partial charge in [0, 0.05) is 6.54 Å². The van der Waals surface area contributed by atoms with Crippen molar-refractivity contribution in [1.82, 2.24) is 4.90 Å². The minimum atomic E-state index is -0.149. The summed E-state index contributed by atoms with van der Waals surface area (Å²) in [7, 11) is 4.08. The Balaban J connectivity index is 1.43. The largest absolute Gasteiger partial charge is 0.494 e. The van der Waals surface area contributed by atoms with Gasteiger partial charge in [0.2, 0.25) is 11.8 Å². The lowest BCUT2D eigenvalue weighted by Crippen LogP contribution is -2.32. The molecule has 1 aliphatic heterocycles. The molecule has 132 valence electrons. The van der Waals surface area contributed by atoms with Gasteiger partial charge in [0.25, 0.3) is 0 Å². The van der Waals surface area contributed by atoms with E-state index in [2.05, 4.69) is 17.1 Å². The lowest BCUT2D eigenvalue weighted by atomic mass is 9.85. The van der Waals surface area contributed by atoms with Crippen LogP contribution in [0.15, 0.2) is 36.4 Å². The van der Waals surface area contributed by atoms with E-state index in [-0.39, 0.29) is 35.5 Å². The number of carbonyl (C=O) groups excluding carboxylic acids is 2. The summed E-state index contributed by atoms with van der Waals surface area (Å²) in [6.07, 6.45) is 6.15. The maximum atomic E-state index is 12.8. The van der Waals surface area contributed by atoms with E-state index in [1.165, 1.54) is 4.90 Å². The second-order valence-electron chi connectivity index (χ2n) is 7.51. The maximum absolute atomic E-state index is 12.8. The van der Waals surface area contributed by atoms with Crippen LogP contribution in [0.1, 0.15) is 12.8 Å². The minimum absolute atomic E-state index is 0.0356. The Morgan fingerprint density at radius 3 is 2.20 bits per heavy atom. The highest BCUT2D eigenvalue weighted by Gasteiger charge is 2.59. The van der Waals surface area contributed by atoms with Crippen molar-refractivity contribution < 1.29 is 14.3 Å². The van der Waals surface area contributed by atoms with Gasteiger partial charge in [0.1, 0.15) is 5.75 Å². The van der Waals surface area contributed by atoms with Crippen molar-refractivity contribution in [3.8, 4) is 5.75 Å². The van der Waals surface area contributed by atoms with E-state index in [0.717, 1.165) is 25.1 Å². The third kappa shape index (κ3) is 2.76. The molecule has 0 N–H and O–H groups in total. The first kappa shape index (κ1) is 16.3. The number of benzene rings is 1. The zero-order valence-corrected chi connectivity index (χ0v) is 14.7. The van der Waals surface area contributed by atoms with Crippen molar-refractivity contribution in [2.75, 3.05) is 32.1 Å². The molecule has 4 atom stereocenters. The van der Waals surface area contributed by atoms with Crippen LogP contribution >= 0.6 is 0 Å². The Hall–Kier alpha value is -2.14. The number of nitrogens with zero attached hydrogens (tertiary/aromatic N) is 2. The molecule has 1 aromatic rings. The van der Waals surface area contributed by atoms with Gasteiger partial charge in [0.05, 0.1) is 24.1 Å². The summed E-state index contributed by atoms with van der Waals surface area (Å²) in [5.74, 6) is 0.891. The highest BCUT2D eigenvalue weighted by atomic mass is 16.5. The first-order valence-corrected chi connectivity index (χ1v) is 9.00. The van der Waals surface area contributed by atoms with Crippen molar-refractivity contribution in [3.05, 3.63) is 36.4 Å². The van der Waals surface area contributed by atoms with Crippen LogP contribution in [0.2, 0.25) is 0 Å². The van der Waals surface area contributed by atoms with Crippen LogP contribution < -0.4 is 9.64 Å². The van der Waals surface area contributed by atoms with Gasteiger partial charge in [-0.25, -0.2) is 0 Å². The van der Waals surface area contributed by atoms with E-state index in [9.17, 15) is 9.59 Å². The third-order valence-corrected chi connectivity index (χ3v) is 5.58. The van der Waals surface area contributed by atoms with Gasteiger partial charge < -0.3 is 9.64 Å². The quantitative estimate of drug-likeness (QED) is 0.453. The fourth-order valence-corrected chi connectivity index (χ4v) is 4.42. The van der Waals surface area contributed by atoms with E-state index in [4.69, 9.17) is 4.74 Å². The average Bonchev–Trinajstić information content (AvgIpc) is 3.26. The highest BCUT2D eigenvalue weighted by molar-refractivity contribution is 6.22. The number of imide groups is 1. The second kappa shape index (κ2) is 6.30. The Labute approximate surface area is 148 Å². The molecule has 2 aliphatic carbocycles. The Morgan fingerprint density at radius 1 is 1.04 bits per heavy atom. The van der Waals surface area contributed by atoms with Crippen LogP contribution in [0.25, 0.3) is 0 Å². The number of carbonyl (C=O) groups is 2. The van der Waals surface area contributed by atoms with Crippen molar-refractivity contribution >= 4 is 17.5 Å². The number of anilines is 1. The smallest absolute Gasteiger partial charge is 0.238 e. The molecule has 0 aromatic heterocycles. The summed E-state index contributed by atoms with van der Waals surface area (Å²) in [5, 5.41) is 0. The van der Waals surface area contributed by atoms with Gasteiger partial charge in [-0.2, -0.15) is 0 Å². The van der Waals surface area contributed by atoms with E-state index in [1.807, 2.05) is 38.4 Å². The van der Waals surface area contributed by atoms with Crippen molar-refractivity contribution in [1.29, 1.82) is 0 Å². The molecule has 3 aliphatic rings. The van der Waals surface area contributed by atoms with Crippen molar-refractivity contribution in [3.63, 3.8) is 0 Å². The number of amides is 2. The minimum Gasteiger partial charge on any atom is -0.494 e. The van der Waals surface area contributed by atoms with E-state index in [0.29, 0.717) is 12.3 Å². The van der Waals surface area contributed by atoms with Crippen LogP contribution in [0.3, 0.4) is 0 Å². The third-order valence-electron chi connectivity index (χ3n) is 5.58. The van der Waals surface area contributed by atoms with Gasteiger partial charge in [0.15, 0.2) is 0 Å². The van der Waals surface area contributed by atoms with Crippen LogP contribution in [0.4, 0.5) is 5.69 Å². The van der Waals surface area contributed by atoms with Crippen LogP contribution in [-0.4, -0.2) is 44.0 Å². The molecule has 5 nitrogen and oxygen atoms in total. The second-order valence-corrected chi connectivity index (χ2v) is 7.51. The molecular formula is C20H24N2O3. The topological polar surface area (TPSA) is 49.9 Å². The van der Waals surface area contributed by atoms with E-state index in [1.54, 1.807) is 0 Å². The number of fused-ring (bicyclic) bond motifs is 5. The van der Waals surface area contributed by atoms with Crippen LogP contribution in [0.5, 0.6) is 5.75 Å². The molecule has 25 heavy (non-hydrogen) atoms. The fraction of sp³-hybridized carbons (Fsp3) is 0.500. The molecule has 1 aromatic carbocycles. The van der Waals surface area contributed by atoms with Crippen molar-refractivity contribution in [2.45, 2.75) is 12.8 Å². The van der Waals surface area contributed by atoms with Gasteiger partial charge in [-0.05, 0) is 63.0 Å². The summed E-state index contributed by atoms with van der Waals surface area (Å²) in [6.45, 7) is 1.63. The summed E-state index contributed by atoms with van der Waals surface area (Å²) >= 11 is 0. The molecule has 4 rings (SSSR count). The number of rotatable bonds is 6. The van der Waals surface area contributed by atoms with Gasteiger partial charge in [-0.15, -0.1) is 0 Å². The number of hydrogen-bond donors (Lipinski definition) is 0. The number of allylic oxidation sites excluding steroid dienone is 2. The van der Waals surface area contributed by atoms with E-state index >= 15 is 0 Å². The zero-order chi connectivity index (χ0) is 17.6. The lowest BCUT2D eigenvalue weighted by molar-refractivity contribution is -0.123. The Kier molecular flexibility index (Phi) is 4.12. The summed E-state index contributed by atoms with van der Waals surface area (Å²) < 4.78 is 5.72. The molecule has 1 heterocycles. The van der Waals surface area contributed by atoms with Crippen molar-refractivity contribution in [2.24, 2.45) is 23.7 Å². The average molecular weight is 340 g/mol. The summed E-state index contributed by atoms with van der Waals surface area (Å²) in [4.78, 5) is 29.1. The molecule has 1 saturated carbocycles. The molecular weight excluding hydrogens is 316 g/mol. The molecule has 0 spiro atoms. The van der Waals surface area contributed by atoms with Crippen LogP contribution in [0, 0.1) is 23.7 Å². The van der Waals surface area contributed by atoms with E-state index < -0.39 is 0 Å². The highest BCUT2D eigenvalue weighted by Crippen LogP contribution is 2.53. The molecule has 2 bridgehead atoms. The monoisotopic (exact) mass is 340 g/mol. The predicted octanol–water partition coefficient (Wildman–Crippen LogP) is 2.33. The Bertz CT molecular complexity index is 680. The summed E-state index contributed by atoms with van der Waals surface area (Å²) in [5.41, 5.74) is 0.657. The first-order chi connectivity index (χ1) is 12.1. The molecule has 2 fully saturated rings. The van der Waals surface area contributed by atoms with Gasteiger partial charge in [-0.1, -0.05) is 12.2 Å². The van der Waals surface area contributed by atoms with Gasteiger partial charge in [-0.3, -0.25) is 14.5 Å². The molecule has 1 saturated heterocycles. The molecule has 0 radical (unpaired) electrons. The normalized spacial score (nSPS) is 29.8. The number of ether oxygens (including phenoxy) is 1. The zero-order valence-electron chi connectivity index (χ0n) is 14.7. The maximum Gasteiger partial charge on any atom is 0.238 e. The predicted molar refractivity (Wildman–Crippen MR) is 95.3 cm³/mol. The van der Waals surface area contributed by atoms with Crippen LogP contribution in [-0.2, 0) is 9.59 Å². The SMILES string of the molecule is CN(C)CCCOc1ccc(N2C(=O)C3C4C=CC(C4)C3C2=O)cc1. The lowest BCUT2D eigenvalue weighted by Gasteiger charge is -2.17. The molecule has 5 heteroatoms. The summed E-state index contributed by atoms with van der Waals surface area (Å²) in [6, 6.07) is 7.31. The molecule has 4 unspecified atom stereocenters. The van der Waals surface area contributed by atoms with Gasteiger partial charge >= 0.3 is 0 Å². The standard InChI is InChI=1S/C20H24N2O3/c1-21(2)10-3-11-25-16-8-6-15(7-9-16)22-19(23)17-13-4-5-14(12-13)18(17)20(22)24/h4-9,13-14,17-18H,3,10-12H2,1-2H3. The first-order valence-electron chi connectivity index (χ1n) is 9.00. The molecule has 2 amide bonds. The Morgan fingerprint density at radius 2 is 1.64 bits per heavy atom.